The van der Waals surface area contributed by atoms with Gasteiger partial charge in [0, 0.05) is 46.9 Å². The summed E-state index contributed by atoms with van der Waals surface area (Å²) in [6.07, 6.45) is 0. The molecular formula is C55H35NS2. The van der Waals surface area contributed by atoms with Gasteiger partial charge in [0.2, 0.25) is 0 Å². The van der Waals surface area contributed by atoms with Crippen LogP contribution >= 0.6 is 23.1 Å². The van der Waals surface area contributed by atoms with E-state index in [4.69, 9.17) is 0 Å². The first-order valence-corrected chi connectivity index (χ1v) is 21.5. The van der Waals surface area contributed by atoms with Gasteiger partial charge in [0.25, 0.3) is 0 Å². The highest BCUT2D eigenvalue weighted by molar-refractivity contribution is 7.99. The zero-order valence-electron chi connectivity index (χ0n) is 31.5. The molecule has 1 aliphatic carbocycles. The molecule has 1 nitrogen and oxygen atoms in total. The van der Waals surface area contributed by atoms with E-state index in [1.807, 2.05) is 23.1 Å². The van der Waals surface area contributed by atoms with Crippen LogP contribution in [0.1, 0.15) is 22.3 Å². The van der Waals surface area contributed by atoms with Gasteiger partial charge in [-0.2, -0.15) is 0 Å². The lowest BCUT2D eigenvalue weighted by atomic mass is 9.67. The van der Waals surface area contributed by atoms with Crippen LogP contribution in [0.2, 0.25) is 0 Å². The molecule has 0 fully saturated rings. The number of fused-ring (bicyclic) bond motifs is 12. The molecule has 2 heterocycles. The van der Waals surface area contributed by atoms with Crippen LogP contribution in [0.15, 0.2) is 222 Å². The van der Waals surface area contributed by atoms with Crippen molar-refractivity contribution in [1.29, 1.82) is 0 Å². The molecule has 0 radical (unpaired) electrons. The van der Waals surface area contributed by atoms with Crippen molar-refractivity contribution in [3.63, 3.8) is 0 Å². The van der Waals surface area contributed by atoms with E-state index in [1.54, 1.807) is 0 Å². The second-order valence-electron chi connectivity index (χ2n) is 15.1. The van der Waals surface area contributed by atoms with Gasteiger partial charge in [0.15, 0.2) is 0 Å². The summed E-state index contributed by atoms with van der Waals surface area (Å²) in [5.41, 5.74) is 16.0. The maximum atomic E-state index is 2.48. The summed E-state index contributed by atoms with van der Waals surface area (Å²) in [4.78, 5) is 5.06. The van der Waals surface area contributed by atoms with Gasteiger partial charge in [0.05, 0.1) is 11.1 Å². The molecule has 0 amide bonds. The first-order chi connectivity index (χ1) is 28.8. The number of benzene rings is 9. The van der Waals surface area contributed by atoms with E-state index < -0.39 is 5.41 Å². The maximum absolute atomic E-state index is 2.48. The standard InChI is InChI=1S/C55H35NS2/c1-4-17-36(18-5-1)40-25-16-30-50-53(40)43-32-34-48(52(54(43)58-50)37-19-6-2-7-20-37)56(38-21-8-3-9-22-38)39-31-33-47-51(35-39)57-49-29-15-14-28-46(49)55(47)44-26-12-10-23-41(44)42-24-11-13-27-45(42)55/h1-35H. The topological polar surface area (TPSA) is 3.24 Å². The molecule has 0 bridgehead atoms. The number of rotatable bonds is 5. The number of hydrogen-bond acceptors (Lipinski definition) is 3. The van der Waals surface area contributed by atoms with Crippen LogP contribution in [0, 0.1) is 0 Å². The molecular weight excluding hydrogens is 739 g/mol. The van der Waals surface area contributed by atoms with Gasteiger partial charge >= 0.3 is 0 Å². The first-order valence-electron chi connectivity index (χ1n) is 19.8. The Morgan fingerprint density at radius 1 is 0.397 bits per heavy atom. The number of thiophene rings is 1. The van der Waals surface area contributed by atoms with Gasteiger partial charge in [-0.05, 0) is 92.5 Å². The van der Waals surface area contributed by atoms with Crippen LogP contribution in [-0.2, 0) is 5.41 Å². The molecule has 12 rings (SSSR count). The van der Waals surface area contributed by atoms with E-state index in [0.29, 0.717) is 0 Å². The first kappa shape index (κ1) is 33.5. The third-order valence-electron chi connectivity index (χ3n) is 12.1. The summed E-state index contributed by atoms with van der Waals surface area (Å²) in [6, 6.07) is 78.5. The SMILES string of the molecule is c1ccc(-c2c(N(c3ccccc3)c3ccc4c(c3)Sc3ccccc3C43c4ccccc4-c4ccccc43)ccc3c2sc2cccc(-c4ccccc4)c23)cc1. The third-order valence-corrected chi connectivity index (χ3v) is 14.5. The van der Waals surface area contributed by atoms with Gasteiger partial charge in [0.1, 0.15) is 0 Å². The van der Waals surface area contributed by atoms with Crippen molar-refractivity contribution in [2.45, 2.75) is 15.2 Å². The molecule has 0 atom stereocenters. The van der Waals surface area contributed by atoms with Crippen molar-refractivity contribution in [1.82, 2.24) is 0 Å². The lowest BCUT2D eigenvalue weighted by Gasteiger charge is -2.40. The molecule has 10 aromatic rings. The normalized spacial score (nSPS) is 13.2. The molecule has 0 unspecified atom stereocenters. The predicted molar refractivity (Wildman–Crippen MR) is 246 cm³/mol. The van der Waals surface area contributed by atoms with Gasteiger partial charge in [-0.3, -0.25) is 0 Å². The largest absolute Gasteiger partial charge is 0.310 e. The highest BCUT2D eigenvalue weighted by Crippen LogP contribution is 2.63. The highest BCUT2D eigenvalue weighted by atomic mass is 32.2. The van der Waals surface area contributed by atoms with E-state index >= 15 is 0 Å². The Balaban J connectivity index is 1.12. The minimum atomic E-state index is -0.415. The van der Waals surface area contributed by atoms with Gasteiger partial charge in [-0.1, -0.05) is 182 Å². The van der Waals surface area contributed by atoms with Crippen LogP contribution in [0.5, 0.6) is 0 Å². The van der Waals surface area contributed by atoms with E-state index in [-0.39, 0.29) is 0 Å². The molecule has 0 saturated carbocycles. The summed E-state index contributed by atoms with van der Waals surface area (Å²) in [6.45, 7) is 0. The van der Waals surface area contributed by atoms with Gasteiger partial charge in [-0.15, -0.1) is 11.3 Å². The van der Waals surface area contributed by atoms with E-state index in [9.17, 15) is 0 Å². The maximum Gasteiger partial charge on any atom is 0.0735 e. The summed E-state index contributed by atoms with van der Waals surface area (Å²) >= 11 is 3.79. The Hall–Kier alpha value is -6.65. The minimum Gasteiger partial charge on any atom is -0.310 e. The van der Waals surface area contributed by atoms with Crippen LogP contribution in [0.25, 0.3) is 53.6 Å². The Morgan fingerprint density at radius 2 is 0.983 bits per heavy atom. The minimum absolute atomic E-state index is 0.415. The molecule has 9 aromatic carbocycles. The molecule has 2 aliphatic rings. The van der Waals surface area contributed by atoms with E-state index in [2.05, 4.69) is 217 Å². The molecule has 272 valence electrons. The smallest absolute Gasteiger partial charge is 0.0735 e. The fourth-order valence-corrected chi connectivity index (χ4v) is 12.3. The summed E-state index contributed by atoms with van der Waals surface area (Å²) < 4.78 is 2.59. The Kier molecular flexibility index (Phi) is 7.63. The number of hydrogen-bond donors (Lipinski definition) is 0. The molecule has 0 saturated heterocycles. The van der Waals surface area contributed by atoms with Crippen molar-refractivity contribution in [2.75, 3.05) is 4.90 Å². The van der Waals surface area contributed by atoms with Gasteiger partial charge < -0.3 is 4.90 Å². The number of anilines is 3. The predicted octanol–water partition coefficient (Wildman–Crippen LogP) is 15.7. The average Bonchev–Trinajstić information content (AvgIpc) is 3.82. The quantitative estimate of drug-likeness (QED) is 0.171. The summed E-state index contributed by atoms with van der Waals surface area (Å²) in [7, 11) is 0. The van der Waals surface area contributed by atoms with E-state index in [1.165, 1.54) is 85.6 Å². The van der Waals surface area contributed by atoms with Crippen molar-refractivity contribution < 1.29 is 0 Å². The Bertz CT molecular complexity index is 3160. The van der Waals surface area contributed by atoms with Crippen molar-refractivity contribution >= 4 is 60.3 Å². The van der Waals surface area contributed by atoms with Crippen LogP contribution < -0.4 is 4.90 Å². The Morgan fingerprint density at radius 3 is 1.71 bits per heavy atom. The van der Waals surface area contributed by atoms with Crippen LogP contribution in [0.4, 0.5) is 17.1 Å². The van der Waals surface area contributed by atoms with Crippen molar-refractivity contribution in [2.24, 2.45) is 0 Å². The summed E-state index contributed by atoms with van der Waals surface area (Å²) in [5, 5.41) is 2.60. The summed E-state index contributed by atoms with van der Waals surface area (Å²) in [5.74, 6) is 0. The van der Waals surface area contributed by atoms with E-state index in [0.717, 1.165) is 17.1 Å². The second-order valence-corrected chi connectivity index (χ2v) is 17.3. The monoisotopic (exact) mass is 773 g/mol. The molecule has 1 aromatic heterocycles. The molecule has 3 heteroatoms. The molecule has 0 N–H and O–H groups in total. The van der Waals surface area contributed by atoms with Crippen LogP contribution in [-0.4, -0.2) is 0 Å². The zero-order chi connectivity index (χ0) is 38.2. The number of nitrogens with zero attached hydrogens (tertiary/aromatic N) is 1. The molecule has 1 spiro atoms. The fourth-order valence-electron chi connectivity index (χ4n) is 9.80. The zero-order valence-corrected chi connectivity index (χ0v) is 33.1. The average molecular weight is 774 g/mol. The highest BCUT2D eigenvalue weighted by Gasteiger charge is 2.50. The fraction of sp³-hybridized carbons (Fsp3) is 0.0182. The molecule has 1 aliphatic heterocycles. The lowest BCUT2D eigenvalue weighted by Crippen LogP contribution is -2.32. The van der Waals surface area contributed by atoms with Crippen molar-refractivity contribution in [3.8, 4) is 33.4 Å². The van der Waals surface area contributed by atoms with Crippen molar-refractivity contribution in [3.05, 3.63) is 235 Å². The third kappa shape index (κ3) is 4.84. The van der Waals surface area contributed by atoms with Gasteiger partial charge in [-0.25, -0.2) is 0 Å². The van der Waals surface area contributed by atoms with Crippen LogP contribution in [0.3, 0.4) is 0 Å². The number of para-hydroxylation sites is 1. The lowest BCUT2D eigenvalue weighted by molar-refractivity contribution is 0.722. The Labute approximate surface area is 346 Å². The second kappa shape index (κ2) is 13.2. The molecule has 58 heavy (non-hydrogen) atoms.